The highest BCUT2D eigenvalue weighted by atomic mass is 32.1. The number of aryl methyl sites for hydroxylation is 2. The van der Waals surface area contributed by atoms with E-state index in [1.165, 1.54) is 30.2 Å². The Hall–Kier alpha value is -1.33. The van der Waals surface area contributed by atoms with Crippen molar-refractivity contribution in [3.63, 3.8) is 0 Å². The van der Waals surface area contributed by atoms with Gasteiger partial charge in [0.05, 0.1) is 0 Å². The number of nitrogens with one attached hydrogen (secondary N) is 1. The maximum atomic E-state index is 13.8. The highest BCUT2D eigenvalue weighted by Gasteiger charge is 2.19. The van der Waals surface area contributed by atoms with E-state index in [-0.39, 0.29) is 5.82 Å². The van der Waals surface area contributed by atoms with Gasteiger partial charge in [-0.05, 0) is 44.9 Å². The number of nitrogens with zero attached hydrogens (tertiary/aromatic N) is 2. The van der Waals surface area contributed by atoms with E-state index in [2.05, 4.69) is 15.5 Å². The summed E-state index contributed by atoms with van der Waals surface area (Å²) in [7, 11) is 0. The topological polar surface area (TPSA) is 37.8 Å². The second kappa shape index (κ2) is 5.97. The second-order valence-electron chi connectivity index (χ2n) is 5.32. The van der Waals surface area contributed by atoms with Gasteiger partial charge in [-0.2, -0.15) is 0 Å². The molecule has 1 aliphatic rings. The van der Waals surface area contributed by atoms with E-state index in [1.807, 2.05) is 13.0 Å². The molecule has 1 aromatic heterocycles. The van der Waals surface area contributed by atoms with Crippen molar-refractivity contribution in [3.05, 3.63) is 34.6 Å². The van der Waals surface area contributed by atoms with Crippen LogP contribution in [0.5, 0.6) is 0 Å². The lowest BCUT2D eigenvalue weighted by atomic mass is 10.1. The number of aromatic nitrogens is 2. The first-order chi connectivity index (χ1) is 9.72. The summed E-state index contributed by atoms with van der Waals surface area (Å²) in [4.78, 5) is 0. The van der Waals surface area contributed by atoms with Crippen LogP contribution in [0, 0.1) is 12.7 Å². The standard InChI is InChI=1S/C15H18FN3S/c1-10-4-7-13(16)12(9-10)15-19-18-14(20-15)3-2-8-17-11-5-6-11/h4,7,9,11,17H,2-3,5-6,8H2,1H3. The molecule has 0 bridgehead atoms. The largest absolute Gasteiger partial charge is 0.314 e. The van der Waals surface area contributed by atoms with Crippen molar-refractivity contribution in [2.24, 2.45) is 0 Å². The molecule has 2 aromatic rings. The average Bonchev–Trinajstić information content (AvgIpc) is 3.15. The molecule has 1 aromatic carbocycles. The van der Waals surface area contributed by atoms with Crippen LogP contribution >= 0.6 is 11.3 Å². The molecule has 0 amide bonds. The van der Waals surface area contributed by atoms with Crippen LogP contribution in [-0.4, -0.2) is 22.8 Å². The lowest BCUT2D eigenvalue weighted by molar-refractivity contribution is 0.630. The van der Waals surface area contributed by atoms with E-state index in [1.54, 1.807) is 6.07 Å². The summed E-state index contributed by atoms with van der Waals surface area (Å²) in [6, 6.07) is 5.84. The van der Waals surface area contributed by atoms with Gasteiger partial charge < -0.3 is 5.32 Å². The summed E-state index contributed by atoms with van der Waals surface area (Å²) >= 11 is 1.49. The Morgan fingerprint density at radius 3 is 3.00 bits per heavy atom. The van der Waals surface area contributed by atoms with Crippen molar-refractivity contribution in [1.82, 2.24) is 15.5 Å². The lowest BCUT2D eigenvalue weighted by Crippen LogP contribution is -2.17. The van der Waals surface area contributed by atoms with Crippen molar-refractivity contribution < 1.29 is 4.39 Å². The first kappa shape index (κ1) is 13.6. The molecule has 1 aliphatic carbocycles. The van der Waals surface area contributed by atoms with Gasteiger partial charge in [-0.25, -0.2) is 4.39 Å². The molecule has 1 N–H and O–H groups in total. The maximum Gasteiger partial charge on any atom is 0.150 e. The Balaban J connectivity index is 1.61. The predicted octanol–water partition coefficient (Wildman–Crippen LogP) is 3.34. The number of hydrogen-bond acceptors (Lipinski definition) is 4. The van der Waals surface area contributed by atoms with E-state index in [0.29, 0.717) is 10.6 Å². The minimum Gasteiger partial charge on any atom is -0.314 e. The summed E-state index contributed by atoms with van der Waals surface area (Å²) in [5.41, 5.74) is 1.59. The fourth-order valence-corrected chi connectivity index (χ4v) is 3.00. The molecule has 0 spiro atoms. The molecular weight excluding hydrogens is 273 g/mol. The Kier molecular flexibility index (Phi) is 4.08. The SMILES string of the molecule is Cc1ccc(F)c(-c2nnc(CCCNC3CC3)s2)c1. The van der Waals surface area contributed by atoms with Crippen LogP contribution in [0.3, 0.4) is 0 Å². The van der Waals surface area contributed by atoms with E-state index >= 15 is 0 Å². The summed E-state index contributed by atoms with van der Waals surface area (Å²) in [5, 5.41) is 13.4. The van der Waals surface area contributed by atoms with Crippen LogP contribution in [0.1, 0.15) is 29.8 Å². The highest BCUT2D eigenvalue weighted by Crippen LogP contribution is 2.27. The molecule has 106 valence electrons. The van der Waals surface area contributed by atoms with Crippen molar-refractivity contribution >= 4 is 11.3 Å². The third-order valence-electron chi connectivity index (χ3n) is 3.40. The van der Waals surface area contributed by atoms with E-state index in [4.69, 9.17) is 0 Å². The third kappa shape index (κ3) is 3.41. The summed E-state index contributed by atoms with van der Waals surface area (Å²) in [5.74, 6) is -0.228. The van der Waals surface area contributed by atoms with Crippen molar-refractivity contribution in [3.8, 4) is 10.6 Å². The quantitative estimate of drug-likeness (QED) is 0.830. The molecule has 3 rings (SSSR count). The Morgan fingerprint density at radius 1 is 1.35 bits per heavy atom. The highest BCUT2D eigenvalue weighted by molar-refractivity contribution is 7.14. The summed E-state index contributed by atoms with van der Waals surface area (Å²) in [6.07, 6.45) is 4.59. The van der Waals surface area contributed by atoms with Gasteiger partial charge in [0.25, 0.3) is 0 Å². The molecule has 1 saturated carbocycles. The van der Waals surface area contributed by atoms with Crippen LogP contribution in [0.4, 0.5) is 4.39 Å². The third-order valence-corrected chi connectivity index (χ3v) is 4.41. The van der Waals surface area contributed by atoms with Gasteiger partial charge in [0.15, 0.2) is 5.01 Å². The number of rotatable bonds is 6. The van der Waals surface area contributed by atoms with Gasteiger partial charge in [0.2, 0.25) is 0 Å². The maximum absolute atomic E-state index is 13.8. The van der Waals surface area contributed by atoms with E-state index in [9.17, 15) is 4.39 Å². The molecule has 5 heteroatoms. The fourth-order valence-electron chi connectivity index (χ4n) is 2.10. The smallest absolute Gasteiger partial charge is 0.150 e. The number of hydrogen-bond donors (Lipinski definition) is 1. The Bertz CT molecular complexity index is 593. The van der Waals surface area contributed by atoms with Gasteiger partial charge in [0.1, 0.15) is 10.8 Å². The predicted molar refractivity (Wildman–Crippen MR) is 79.4 cm³/mol. The molecular formula is C15H18FN3S. The molecule has 1 fully saturated rings. The molecule has 20 heavy (non-hydrogen) atoms. The Morgan fingerprint density at radius 2 is 2.20 bits per heavy atom. The van der Waals surface area contributed by atoms with Gasteiger partial charge in [-0.15, -0.1) is 10.2 Å². The van der Waals surface area contributed by atoms with E-state index in [0.717, 1.165) is 36.0 Å². The zero-order valence-electron chi connectivity index (χ0n) is 11.5. The Labute approximate surface area is 122 Å². The van der Waals surface area contributed by atoms with Crippen LogP contribution in [0.25, 0.3) is 10.6 Å². The zero-order valence-corrected chi connectivity index (χ0v) is 12.3. The second-order valence-corrected chi connectivity index (χ2v) is 6.38. The molecule has 0 aliphatic heterocycles. The van der Waals surface area contributed by atoms with Crippen molar-refractivity contribution in [2.75, 3.05) is 6.54 Å². The zero-order chi connectivity index (χ0) is 13.9. The van der Waals surface area contributed by atoms with Crippen molar-refractivity contribution in [1.29, 1.82) is 0 Å². The molecule has 0 saturated heterocycles. The molecule has 0 unspecified atom stereocenters. The van der Waals surface area contributed by atoms with Crippen LogP contribution in [-0.2, 0) is 6.42 Å². The van der Waals surface area contributed by atoms with Crippen molar-refractivity contribution in [2.45, 2.75) is 38.6 Å². The molecule has 1 heterocycles. The van der Waals surface area contributed by atoms with E-state index < -0.39 is 0 Å². The monoisotopic (exact) mass is 291 g/mol. The minimum absolute atomic E-state index is 0.228. The minimum atomic E-state index is -0.228. The van der Waals surface area contributed by atoms with Crippen LogP contribution < -0.4 is 5.32 Å². The fraction of sp³-hybridized carbons (Fsp3) is 0.467. The summed E-state index contributed by atoms with van der Waals surface area (Å²) < 4.78 is 13.8. The number of halogens is 1. The average molecular weight is 291 g/mol. The van der Waals surface area contributed by atoms with Crippen LogP contribution in [0.2, 0.25) is 0 Å². The first-order valence-corrected chi connectivity index (χ1v) is 7.86. The molecule has 3 nitrogen and oxygen atoms in total. The van der Waals surface area contributed by atoms with Gasteiger partial charge in [-0.3, -0.25) is 0 Å². The molecule has 0 radical (unpaired) electrons. The summed E-state index contributed by atoms with van der Waals surface area (Å²) in [6.45, 7) is 2.98. The first-order valence-electron chi connectivity index (χ1n) is 7.04. The molecule has 0 atom stereocenters. The van der Waals surface area contributed by atoms with Gasteiger partial charge in [0, 0.05) is 18.0 Å². The lowest BCUT2D eigenvalue weighted by Gasteiger charge is -2.00. The van der Waals surface area contributed by atoms with Gasteiger partial charge >= 0.3 is 0 Å². The number of benzene rings is 1. The van der Waals surface area contributed by atoms with Crippen LogP contribution in [0.15, 0.2) is 18.2 Å². The normalized spacial score (nSPS) is 14.7. The van der Waals surface area contributed by atoms with Gasteiger partial charge in [-0.1, -0.05) is 23.0 Å².